The van der Waals surface area contributed by atoms with Gasteiger partial charge in [-0.15, -0.1) is 0 Å². The summed E-state index contributed by atoms with van der Waals surface area (Å²) in [4.78, 5) is 3.79. The van der Waals surface area contributed by atoms with Gasteiger partial charge in [-0.25, -0.2) is 9.37 Å². The molecule has 0 saturated heterocycles. The van der Waals surface area contributed by atoms with Crippen molar-refractivity contribution >= 4 is 17.1 Å². The van der Waals surface area contributed by atoms with Crippen molar-refractivity contribution in [2.75, 3.05) is 11.5 Å². The molecule has 1 aromatic rings. The minimum absolute atomic E-state index is 0.170. The van der Waals surface area contributed by atoms with Crippen LogP contribution in [-0.4, -0.2) is 4.98 Å². The summed E-state index contributed by atoms with van der Waals surface area (Å²) in [5.41, 5.74) is 12.2. The average Bonchev–Trinajstić information content (AvgIpc) is 2.24. The molecular formula is C11H12FN3. The van der Waals surface area contributed by atoms with Gasteiger partial charge >= 0.3 is 0 Å². The van der Waals surface area contributed by atoms with Gasteiger partial charge in [0.1, 0.15) is 11.6 Å². The Bertz CT molecular complexity index is 435. The lowest BCUT2D eigenvalue weighted by molar-refractivity contribution is 0.672. The van der Waals surface area contributed by atoms with Crippen molar-refractivity contribution in [2.45, 2.75) is 0 Å². The van der Waals surface area contributed by atoms with Crippen LogP contribution in [0.1, 0.15) is 5.56 Å². The maximum atomic E-state index is 13.4. The number of anilines is 2. The molecule has 1 aromatic heterocycles. The summed E-state index contributed by atoms with van der Waals surface area (Å²) in [7, 11) is 0. The molecule has 0 aliphatic heterocycles. The van der Waals surface area contributed by atoms with Gasteiger partial charge in [-0.3, -0.25) is 0 Å². The normalized spacial score (nSPS) is 11.8. The summed E-state index contributed by atoms with van der Waals surface area (Å²) in [6.07, 6.45) is 3.91. The second-order valence-corrected chi connectivity index (χ2v) is 2.83. The van der Waals surface area contributed by atoms with Gasteiger partial charge in [0.25, 0.3) is 0 Å². The van der Waals surface area contributed by atoms with Crippen LogP contribution in [0.4, 0.5) is 15.9 Å². The molecule has 0 saturated carbocycles. The minimum atomic E-state index is -0.498. The molecule has 0 aromatic carbocycles. The van der Waals surface area contributed by atoms with Crippen LogP contribution in [0.3, 0.4) is 0 Å². The van der Waals surface area contributed by atoms with Crippen molar-refractivity contribution in [1.82, 2.24) is 4.98 Å². The number of hydrogen-bond donors (Lipinski definition) is 2. The van der Waals surface area contributed by atoms with Crippen LogP contribution in [0.25, 0.3) is 5.57 Å². The summed E-state index contributed by atoms with van der Waals surface area (Å²) in [5, 5.41) is 0. The fourth-order valence-corrected chi connectivity index (χ4v) is 1.17. The Morgan fingerprint density at radius 2 is 2.00 bits per heavy atom. The highest BCUT2D eigenvalue weighted by atomic mass is 19.1. The van der Waals surface area contributed by atoms with Crippen LogP contribution in [0, 0.1) is 0 Å². The highest BCUT2D eigenvalue weighted by Gasteiger charge is 2.09. The fraction of sp³-hybridized carbons (Fsp3) is 0. The molecule has 4 N–H and O–H groups in total. The zero-order valence-corrected chi connectivity index (χ0v) is 8.20. The zero-order chi connectivity index (χ0) is 11.4. The number of nitrogens with two attached hydrogens (primary N) is 2. The van der Waals surface area contributed by atoms with E-state index in [0.29, 0.717) is 5.56 Å². The average molecular weight is 205 g/mol. The number of pyridine rings is 1. The first kappa shape index (κ1) is 11.0. The third-order valence-corrected chi connectivity index (χ3v) is 1.95. The summed E-state index contributed by atoms with van der Waals surface area (Å²) in [6.45, 7) is 6.85. The molecule has 0 fully saturated rings. The maximum Gasteiger partial charge on any atom is 0.147 e. The highest BCUT2D eigenvalue weighted by molar-refractivity contribution is 5.86. The second kappa shape index (κ2) is 4.41. The predicted molar refractivity (Wildman–Crippen MR) is 61.5 cm³/mol. The Hall–Kier alpha value is -2.10. The van der Waals surface area contributed by atoms with Crippen LogP contribution < -0.4 is 11.5 Å². The lowest BCUT2D eigenvalue weighted by atomic mass is 10.0. The molecule has 0 amide bonds. The van der Waals surface area contributed by atoms with Crippen molar-refractivity contribution in [1.29, 1.82) is 0 Å². The molecular weight excluding hydrogens is 193 g/mol. The van der Waals surface area contributed by atoms with E-state index in [4.69, 9.17) is 11.5 Å². The van der Waals surface area contributed by atoms with Gasteiger partial charge in [-0.1, -0.05) is 19.2 Å². The molecule has 78 valence electrons. The van der Waals surface area contributed by atoms with E-state index in [1.165, 1.54) is 12.3 Å². The van der Waals surface area contributed by atoms with Crippen LogP contribution >= 0.6 is 0 Å². The van der Waals surface area contributed by atoms with Crippen molar-refractivity contribution in [3.8, 4) is 0 Å². The topological polar surface area (TPSA) is 64.9 Å². The Labute approximate surface area is 87.6 Å². The summed E-state index contributed by atoms with van der Waals surface area (Å²) >= 11 is 0. The molecule has 3 nitrogen and oxygen atoms in total. The molecule has 0 atom stereocenters. The van der Waals surface area contributed by atoms with E-state index >= 15 is 0 Å². The number of aromatic nitrogens is 1. The van der Waals surface area contributed by atoms with Crippen LogP contribution in [0.5, 0.6) is 0 Å². The maximum absolute atomic E-state index is 13.4. The van der Waals surface area contributed by atoms with E-state index in [2.05, 4.69) is 18.1 Å². The van der Waals surface area contributed by atoms with E-state index < -0.39 is 5.83 Å². The Kier molecular flexibility index (Phi) is 3.23. The zero-order valence-electron chi connectivity index (χ0n) is 8.20. The van der Waals surface area contributed by atoms with Gasteiger partial charge in [-0.2, -0.15) is 0 Å². The van der Waals surface area contributed by atoms with Gasteiger partial charge in [0.2, 0.25) is 0 Å². The molecule has 0 radical (unpaired) electrons. The van der Waals surface area contributed by atoms with Crippen molar-refractivity contribution in [2.24, 2.45) is 0 Å². The van der Waals surface area contributed by atoms with Gasteiger partial charge in [0.05, 0.1) is 5.69 Å². The standard InChI is InChI=1S/C11H12FN3/c1-3-7(9(12)4-2)8-5-6-15-11(14)10(8)13/h3-6H,1-2,13H2,(H2,14,15)/b9-7-. The van der Waals surface area contributed by atoms with Gasteiger partial charge in [0, 0.05) is 17.3 Å². The largest absolute Gasteiger partial charge is 0.395 e. The summed E-state index contributed by atoms with van der Waals surface area (Å²) in [5.74, 6) is -0.328. The smallest absolute Gasteiger partial charge is 0.147 e. The third kappa shape index (κ3) is 2.04. The predicted octanol–water partition coefficient (Wildman–Crippen LogP) is 2.30. The quantitative estimate of drug-likeness (QED) is 0.744. The monoisotopic (exact) mass is 205 g/mol. The van der Waals surface area contributed by atoms with Gasteiger partial charge in [-0.05, 0) is 12.1 Å². The summed E-state index contributed by atoms with van der Waals surface area (Å²) in [6, 6.07) is 1.58. The van der Waals surface area contributed by atoms with E-state index in [1.807, 2.05) is 0 Å². The number of nitrogen functional groups attached to an aromatic ring is 2. The Morgan fingerprint density at radius 3 is 2.53 bits per heavy atom. The van der Waals surface area contributed by atoms with E-state index in [0.717, 1.165) is 6.08 Å². The molecule has 4 heteroatoms. The molecule has 0 aliphatic carbocycles. The molecule has 0 aliphatic rings. The molecule has 0 unspecified atom stereocenters. The molecule has 1 heterocycles. The first-order valence-electron chi connectivity index (χ1n) is 4.26. The van der Waals surface area contributed by atoms with Crippen molar-refractivity contribution in [3.63, 3.8) is 0 Å². The highest BCUT2D eigenvalue weighted by Crippen LogP contribution is 2.28. The van der Waals surface area contributed by atoms with Crippen molar-refractivity contribution in [3.05, 3.63) is 49.0 Å². The van der Waals surface area contributed by atoms with Crippen LogP contribution in [0.2, 0.25) is 0 Å². The number of allylic oxidation sites excluding steroid dienone is 4. The van der Waals surface area contributed by atoms with Crippen molar-refractivity contribution < 1.29 is 4.39 Å². The van der Waals surface area contributed by atoms with E-state index in [1.54, 1.807) is 6.07 Å². The summed E-state index contributed by atoms with van der Waals surface area (Å²) < 4.78 is 13.4. The van der Waals surface area contributed by atoms with Gasteiger partial charge < -0.3 is 11.5 Å². The molecule has 15 heavy (non-hydrogen) atoms. The molecule has 1 rings (SSSR count). The number of nitrogens with zero attached hydrogens (tertiary/aromatic N) is 1. The number of halogens is 1. The first-order chi connectivity index (χ1) is 7.11. The lowest BCUT2D eigenvalue weighted by Gasteiger charge is -2.08. The fourth-order valence-electron chi connectivity index (χ4n) is 1.17. The third-order valence-electron chi connectivity index (χ3n) is 1.95. The Morgan fingerprint density at radius 1 is 1.33 bits per heavy atom. The minimum Gasteiger partial charge on any atom is -0.395 e. The van der Waals surface area contributed by atoms with Gasteiger partial charge in [0.15, 0.2) is 0 Å². The number of rotatable bonds is 3. The molecule has 0 spiro atoms. The first-order valence-corrected chi connectivity index (χ1v) is 4.26. The van der Waals surface area contributed by atoms with E-state index in [9.17, 15) is 4.39 Å². The Balaban J connectivity index is 3.44. The van der Waals surface area contributed by atoms with E-state index in [-0.39, 0.29) is 17.1 Å². The second-order valence-electron chi connectivity index (χ2n) is 2.83. The van der Waals surface area contributed by atoms with Crippen LogP contribution in [0.15, 0.2) is 43.4 Å². The lowest BCUT2D eigenvalue weighted by Crippen LogP contribution is -2.01. The number of hydrogen-bond acceptors (Lipinski definition) is 3. The van der Waals surface area contributed by atoms with Crippen LogP contribution in [-0.2, 0) is 0 Å². The molecule has 0 bridgehead atoms. The SMILES string of the molecule is C=C/C(F)=C(\C=C)c1ccnc(N)c1N.